The zero-order valence-corrected chi connectivity index (χ0v) is 12.2. The molecule has 6 heteroatoms. The van der Waals surface area contributed by atoms with Gasteiger partial charge in [-0.05, 0) is 26.2 Å². The molecule has 0 aromatic heterocycles. The van der Waals surface area contributed by atoms with Gasteiger partial charge in [0.1, 0.15) is 0 Å². The topological polar surface area (TPSA) is 66.0 Å². The number of amides is 1. The van der Waals surface area contributed by atoms with Crippen molar-refractivity contribution in [2.45, 2.75) is 39.2 Å². The Morgan fingerprint density at radius 3 is 2.58 bits per heavy atom. The van der Waals surface area contributed by atoms with Crippen LogP contribution >= 0.6 is 0 Å². The third-order valence-electron chi connectivity index (χ3n) is 3.13. The molecule has 0 aliphatic carbocycles. The van der Waals surface area contributed by atoms with Crippen molar-refractivity contribution in [1.82, 2.24) is 15.5 Å². The van der Waals surface area contributed by atoms with Gasteiger partial charge in [0.25, 0.3) is 0 Å². The van der Waals surface area contributed by atoms with Gasteiger partial charge in [-0.2, -0.15) is 0 Å². The maximum Gasteiger partial charge on any atom is 0.409 e. The predicted molar refractivity (Wildman–Crippen MR) is 76.4 cm³/mol. The first-order chi connectivity index (χ1) is 9.21. The van der Waals surface area contributed by atoms with E-state index in [1.165, 1.54) is 0 Å². The summed E-state index contributed by atoms with van der Waals surface area (Å²) in [6, 6.07) is 0.369. The Bertz CT molecular complexity index is 299. The Labute approximate surface area is 115 Å². The van der Waals surface area contributed by atoms with E-state index in [0.29, 0.717) is 12.6 Å². The van der Waals surface area contributed by atoms with E-state index in [9.17, 15) is 4.79 Å². The Morgan fingerprint density at radius 1 is 1.37 bits per heavy atom. The summed E-state index contributed by atoms with van der Waals surface area (Å²) in [5.41, 5.74) is 0. The van der Waals surface area contributed by atoms with Crippen LogP contribution < -0.4 is 10.6 Å². The number of nitrogens with one attached hydrogen (secondary N) is 2. The van der Waals surface area contributed by atoms with E-state index < -0.39 is 0 Å². The van der Waals surface area contributed by atoms with Crippen molar-refractivity contribution in [1.29, 1.82) is 0 Å². The number of ether oxygens (including phenoxy) is 1. The number of likely N-dealkylation sites (tertiary alicyclic amines) is 1. The molecule has 0 spiro atoms. The first kappa shape index (κ1) is 15.6. The molecule has 0 radical (unpaired) electrons. The molecule has 19 heavy (non-hydrogen) atoms. The molecule has 110 valence electrons. The molecule has 6 nitrogen and oxygen atoms in total. The molecule has 0 saturated carbocycles. The highest BCUT2D eigenvalue weighted by Crippen LogP contribution is 2.11. The minimum atomic E-state index is -0.200. The highest BCUT2D eigenvalue weighted by molar-refractivity contribution is 5.80. The normalized spacial score (nSPS) is 17.2. The van der Waals surface area contributed by atoms with E-state index in [2.05, 4.69) is 22.5 Å². The molecule has 1 aliphatic rings. The number of carbonyl (C=O) groups excluding carboxylic acids is 1. The van der Waals surface area contributed by atoms with Crippen molar-refractivity contribution < 1.29 is 9.53 Å². The number of guanidine groups is 1. The number of hydrogen-bond acceptors (Lipinski definition) is 3. The van der Waals surface area contributed by atoms with E-state index in [-0.39, 0.29) is 6.09 Å². The van der Waals surface area contributed by atoms with Crippen LogP contribution in [0.5, 0.6) is 0 Å². The molecule has 0 bridgehead atoms. The summed E-state index contributed by atoms with van der Waals surface area (Å²) in [6.45, 7) is 6.78. The number of nitrogens with zero attached hydrogens (tertiary/aromatic N) is 2. The molecule has 0 atom stereocenters. The first-order valence-corrected chi connectivity index (χ1v) is 7.10. The molecular weight excluding hydrogens is 244 g/mol. The maximum atomic E-state index is 11.6. The highest BCUT2D eigenvalue weighted by Gasteiger charge is 2.23. The van der Waals surface area contributed by atoms with E-state index in [1.54, 1.807) is 11.9 Å². The Kier molecular flexibility index (Phi) is 7.07. The fourth-order valence-electron chi connectivity index (χ4n) is 2.05. The number of rotatable bonds is 4. The van der Waals surface area contributed by atoms with Crippen LogP contribution in [0.15, 0.2) is 4.99 Å². The summed E-state index contributed by atoms with van der Waals surface area (Å²) in [5, 5.41) is 6.65. The Balaban J connectivity index is 2.31. The number of carbonyl (C=O) groups is 1. The van der Waals surface area contributed by atoms with Gasteiger partial charge < -0.3 is 20.3 Å². The molecule has 1 fully saturated rings. The van der Waals surface area contributed by atoms with Crippen molar-refractivity contribution in [3.05, 3.63) is 0 Å². The van der Waals surface area contributed by atoms with E-state index in [1.807, 2.05) is 6.92 Å². The van der Waals surface area contributed by atoms with Crippen LogP contribution in [0.25, 0.3) is 0 Å². The zero-order valence-electron chi connectivity index (χ0n) is 12.2. The van der Waals surface area contributed by atoms with Crippen LogP contribution in [0.1, 0.15) is 33.1 Å². The van der Waals surface area contributed by atoms with Gasteiger partial charge in [-0.1, -0.05) is 6.92 Å². The van der Waals surface area contributed by atoms with Crippen LogP contribution in [0.3, 0.4) is 0 Å². The average Bonchev–Trinajstić information content (AvgIpc) is 2.44. The average molecular weight is 270 g/mol. The quantitative estimate of drug-likeness (QED) is 0.595. The summed E-state index contributed by atoms with van der Waals surface area (Å²) in [4.78, 5) is 17.5. The second-order valence-corrected chi connectivity index (χ2v) is 4.60. The van der Waals surface area contributed by atoms with Crippen molar-refractivity contribution in [3.8, 4) is 0 Å². The van der Waals surface area contributed by atoms with Gasteiger partial charge in [-0.25, -0.2) is 4.79 Å². The molecule has 1 amide bonds. The maximum absolute atomic E-state index is 11.6. The minimum absolute atomic E-state index is 0.200. The van der Waals surface area contributed by atoms with Crippen molar-refractivity contribution >= 4 is 12.1 Å². The molecule has 1 heterocycles. The first-order valence-electron chi connectivity index (χ1n) is 7.10. The van der Waals surface area contributed by atoms with Crippen LogP contribution in [0.2, 0.25) is 0 Å². The summed E-state index contributed by atoms with van der Waals surface area (Å²) in [5.74, 6) is 0.844. The smallest absolute Gasteiger partial charge is 0.409 e. The summed E-state index contributed by atoms with van der Waals surface area (Å²) < 4.78 is 5.00. The molecule has 0 aromatic carbocycles. The monoisotopic (exact) mass is 270 g/mol. The number of piperidine rings is 1. The minimum Gasteiger partial charge on any atom is -0.450 e. The lowest BCUT2D eigenvalue weighted by Gasteiger charge is -2.32. The fourth-order valence-corrected chi connectivity index (χ4v) is 2.05. The van der Waals surface area contributed by atoms with Gasteiger partial charge in [-0.3, -0.25) is 4.99 Å². The Morgan fingerprint density at radius 2 is 2.05 bits per heavy atom. The third-order valence-corrected chi connectivity index (χ3v) is 3.13. The van der Waals surface area contributed by atoms with E-state index in [4.69, 9.17) is 4.74 Å². The summed E-state index contributed by atoms with van der Waals surface area (Å²) in [6.07, 6.45) is 2.72. The van der Waals surface area contributed by atoms with Crippen molar-refractivity contribution in [2.75, 3.05) is 33.3 Å². The molecule has 0 aromatic rings. The summed E-state index contributed by atoms with van der Waals surface area (Å²) in [7, 11) is 1.78. The molecule has 2 N–H and O–H groups in total. The Hall–Kier alpha value is -1.46. The van der Waals surface area contributed by atoms with Crippen molar-refractivity contribution in [3.63, 3.8) is 0 Å². The van der Waals surface area contributed by atoms with Gasteiger partial charge >= 0.3 is 6.09 Å². The zero-order chi connectivity index (χ0) is 14.1. The lowest BCUT2D eigenvalue weighted by Crippen LogP contribution is -2.49. The molecular formula is C13H26N4O2. The SMILES string of the molecule is CCCNC(=NC)NC1CCN(C(=O)OCC)CC1. The molecule has 1 aliphatic heterocycles. The fraction of sp³-hybridized carbons (Fsp3) is 0.846. The van der Waals surface area contributed by atoms with Gasteiger partial charge in [0.15, 0.2) is 5.96 Å². The number of hydrogen-bond donors (Lipinski definition) is 2. The second kappa shape index (κ2) is 8.61. The number of aliphatic imine (C=N–C) groups is 1. The van der Waals surface area contributed by atoms with Crippen molar-refractivity contribution in [2.24, 2.45) is 4.99 Å². The predicted octanol–water partition coefficient (Wildman–Crippen LogP) is 1.18. The highest BCUT2D eigenvalue weighted by atomic mass is 16.6. The van der Waals surface area contributed by atoms with Crippen LogP contribution in [0, 0.1) is 0 Å². The van der Waals surface area contributed by atoms with Gasteiger partial charge in [-0.15, -0.1) is 0 Å². The van der Waals surface area contributed by atoms with Gasteiger partial charge in [0.2, 0.25) is 0 Å². The van der Waals surface area contributed by atoms with E-state index >= 15 is 0 Å². The lowest BCUT2D eigenvalue weighted by atomic mass is 10.1. The third kappa shape index (κ3) is 5.36. The summed E-state index contributed by atoms with van der Waals surface area (Å²) >= 11 is 0. The standard InChI is InChI=1S/C13H26N4O2/c1-4-8-15-12(14-3)16-11-6-9-17(10-7-11)13(18)19-5-2/h11H,4-10H2,1-3H3,(H2,14,15,16). The van der Waals surface area contributed by atoms with E-state index in [0.717, 1.165) is 44.9 Å². The lowest BCUT2D eigenvalue weighted by molar-refractivity contribution is 0.0963. The molecule has 0 unspecified atom stereocenters. The largest absolute Gasteiger partial charge is 0.450 e. The molecule has 1 rings (SSSR count). The second-order valence-electron chi connectivity index (χ2n) is 4.60. The van der Waals surface area contributed by atoms with Crippen LogP contribution in [-0.2, 0) is 4.74 Å². The van der Waals surface area contributed by atoms with Gasteiger partial charge in [0.05, 0.1) is 6.61 Å². The van der Waals surface area contributed by atoms with Gasteiger partial charge in [0, 0.05) is 32.7 Å². The van der Waals surface area contributed by atoms with Crippen LogP contribution in [0.4, 0.5) is 4.79 Å². The molecule has 1 saturated heterocycles. The van der Waals surface area contributed by atoms with Crippen LogP contribution in [-0.4, -0.2) is 56.3 Å².